The van der Waals surface area contributed by atoms with Gasteiger partial charge in [-0.05, 0) is 43.0 Å². The fourth-order valence-electron chi connectivity index (χ4n) is 5.50. The molecule has 7 nitrogen and oxygen atoms in total. The Hall–Kier alpha value is -3.66. The van der Waals surface area contributed by atoms with Crippen molar-refractivity contribution in [3.05, 3.63) is 60.3 Å². The number of nitrogens with zero attached hydrogens (tertiary/aromatic N) is 6. The number of aryl methyl sites for hydroxylation is 1. The molecule has 1 unspecified atom stereocenters. The van der Waals surface area contributed by atoms with E-state index >= 15 is 0 Å². The van der Waals surface area contributed by atoms with Gasteiger partial charge in [0.2, 0.25) is 12.2 Å². The zero-order valence-corrected chi connectivity index (χ0v) is 20.4. The van der Waals surface area contributed by atoms with E-state index in [9.17, 15) is 5.26 Å². The number of guanidine groups is 1. The third-order valence-corrected chi connectivity index (χ3v) is 7.39. The minimum Gasteiger partial charge on any atom is -0.351 e. The number of piperazine rings is 1. The van der Waals surface area contributed by atoms with Crippen LogP contribution in [0.15, 0.2) is 59.7 Å². The second-order valence-corrected chi connectivity index (χ2v) is 9.73. The van der Waals surface area contributed by atoms with Crippen molar-refractivity contribution in [2.24, 2.45) is 10.9 Å². The standard InChI is InChI=1S/C28H33N7/c1-21-9-5-6-12-24(21)33-28(31-20-29)35-16-15-34(19-23(35)17-22-10-3-2-4-11-22)27-18-30-25-13-7-8-14-26(25)32-27/h5-9,12-14,18,22-23H,2-4,10-11,15-17,19H2,1H3,(H,31,33). The van der Waals surface area contributed by atoms with Gasteiger partial charge in [0.15, 0.2) is 0 Å². The lowest BCUT2D eigenvalue weighted by molar-refractivity contribution is 0.211. The normalized spacial score (nSPS) is 19.5. The smallest absolute Gasteiger partial charge is 0.214 e. The summed E-state index contributed by atoms with van der Waals surface area (Å²) in [5.41, 5.74) is 3.96. The summed E-state index contributed by atoms with van der Waals surface area (Å²) in [6, 6.07) is 16.4. The average molecular weight is 468 g/mol. The molecule has 1 aliphatic heterocycles. The van der Waals surface area contributed by atoms with Gasteiger partial charge in [0.1, 0.15) is 5.82 Å². The highest BCUT2D eigenvalue weighted by Gasteiger charge is 2.33. The molecule has 0 bridgehead atoms. The van der Waals surface area contributed by atoms with E-state index in [1.807, 2.05) is 54.9 Å². The second-order valence-electron chi connectivity index (χ2n) is 9.73. The fraction of sp³-hybridized carbons (Fsp3) is 0.429. The Morgan fingerprint density at radius 2 is 1.83 bits per heavy atom. The van der Waals surface area contributed by atoms with Crippen LogP contribution >= 0.6 is 0 Å². The van der Waals surface area contributed by atoms with E-state index in [1.165, 1.54) is 32.1 Å². The topological polar surface area (TPSA) is 80.4 Å². The third kappa shape index (κ3) is 5.37. The molecule has 2 aromatic carbocycles. The molecule has 1 aromatic heterocycles. The van der Waals surface area contributed by atoms with Crippen LogP contribution in [-0.4, -0.2) is 46.5 Å². The molecule has 2 heterocycles. The summed E-state index contributed by atoms with van der Waals surface area (Å²) in [4.78, 5) is 18.5. The molecule has 1 saturated heterocycles. The highest BCUT2D eigenvalue weighted by atomic mass is 15.4. The summed E-state index contributed by atoms with van der Waals surface area (Å²) in [5, 5.41) is 13.0. The predicted molar refractivity (Wildman–Crippen MR) is 141 cm³/mol. The van der Waals surface area contributed by atoms with Crippen LogP contribution in [0.3, 0.4) is 0 Å². The van der Waals surface area contributed by atoms with Gasteiger partial charge in [-0.25, -0.2) is 4.98 Å². The Balaban J connectivity index is 1.41. The molecule has 2 aliphatic rings. The first kappa shape index (κ1) is 23.1. The molecular weight excluding hydrogens is 434 g/mol. The average Bonchev–Trinajstić information content (AvgIpc) is 2.90. The summed E-state index contributed by atoms with van der Waals surface area (Å²) in [7, 11) is 0. The molecule has 1 N–H and O–H groups in total. The second kappa shape index (κ2) is 10.7. The Bertz CT molecular complexity index is 1230. The van der Waals surface area contributed by atoms with Crippen molar-refractivity contribution >= 4 is 28.5 Å². The number of aliphatic imine (C=N–C) groups is 1. The maximum atomic E-state index is 9.52. The third-order valence-electron chi connectivity index (χ3n) is 7.39. The van der Waals surface area contributed by atoms with Crippen molar-refractivity contribution in [2.75, 3.05) is 29.9 Å². The number of anilines is 2. The van der Waals surface area contributed by atoms with Crippen molar-refractivity contribution in [3.8, 4) is 6.19 Å². The molecular formula is C28H33N7. The quantitative estimate of drug-likeness (QED) is 0.317. The number of hydrogen-bond acceptors (Lipinski definition) is 5. The van der Waals surface area contributed by atoms with Crippen molar-refractivity contribution in [1.82, 2.24) is 14.9 Å². The largest absolute Gasteiger partial charge is 0.351 e. The maximum Gasteiger partial charge on any atom is 0.214 e. The zero-order valence-electron chi connectivity index (χ0n) is 20.4. The molecule has 0 radical (unpaired) electrons. The van der Waals surface area contributed by atoms with Crippen molar-refractivity contribution in [3.63, 3.8) is 0 Å². The first-order chi connectivity index (χ1) is 17.2. The van der Waals surface area contributed by atoms with Gasteiger partial charge in [-0.2, -0.15) is 5.26 Å². The number of para-hydroxylation sites is 3. The number of nitrogens with one attached hydrogen (secondary N) is 1. The van der Waals surface area contributed by atoms with Crippen LogP contribution in [0.4, 0.5) is 11.5 Å². The maximum absolute atomic E-state index is 9.52. The summed E-state index contributed by atoms with van der Waals surface area (Å²) in [5.74, 6) is 2.27. The highest BCUT2D eigenvalue weighted by Crippen LogP contribution is 2.31. The van der Waals surface area contributed by atoms with E-state index in [1.54, 1.807) is 0 Å². The summed E-state index contributed by atoms with van der Waals surface area (Å²) in [6.45, 7) is 4.48. The molecule has 2 fully saturated rings. The molecule has 0 amide bonds. The first-order valence-corrected chi connectivity index (χ1v) is 12.7. The number of benzene rings is 2. The van der Waals surface area contributed by atoms with Crippen LogP contribution < -0.4 is 10.2 Å². The Morgan fingerprint density at radius 3 is 2.63 bits per heavy atom. The van der Waals surface area contributed by atoms with Crippen LogP contribution in [0.1, 0.15) is 44.1 Å². The van der Waals surface area contributed by atoms with Crippen LogP contribution in [-0.2, 0) is 0 Å². The predicted octanol–water partition coefficient (Wildman–Crippen LogP) is 5.35. The molecule has 180 valence electrons. The van der Waals surface area contributed by atoms with Crippen molar-refractivity contribution in [2.45, 2.75) is 51.5 Å². The molecule has 1 aliphatic carbocycles. The van der Waals surface area contributed by atoms with E-state index in [2.05, 4.69) is 38.1 Å². The lowest BCUT2D eigenvalue weighted by atomic mass is 9.84. The van der Waals surface area contributed by atoms with Gasteiger partial charge in [-0.3, -0.25) is 4.98 Å². The molecule has 0 spiro atoms. The van der Waals surface area contributed by atoms with Crippen LogP contribution in [0.25, 0.3) is 11.0 Å². The van der Waals surface area contributed by atoms with Gasteiger partial charge < -0.3 is 15.1 Å². The lowest BCUT2D eigenvalue weighted by Crippen LogP contribution is -2.57. The molecule has 5 rings (SSSR count). The lowest BCUT2D eigenvalue weighted by Gasteiger charge is -2.44. The van der Waals surface area contributed by atoms with E-state index < -0.39 is 0 Å². The van der Waals surface area contributed by atoms with E-state index in [0.717, 1.165) is 54.2 Å². The number of nitriles is 1. The van der Waals surface area contributed by atoms with Gasteiger partial charge >= 0.3 is 0 Å². The van der Waals surface area contributed by atoms with E-state index in [4.69, 9.17) is 4.98 Å². The molecule has 3 aromatic rings. The number of rotatable bonds is 4. The van der Waals surface area contributed by atoms with Gasteiger partial charge in [0.05, 0.1) is 17.2 Å². The van der Waals surface area contributed by atoms with Crippen LogP contribution in [0.2, 0.25) is 0 Å². The highest BCUT2D eigenvalue weighted by molar-refractivity contribution is 5.95. The van der Waals surface area contributed by atoms with Gasteiger partial charge in [-0.1, -0.05) is 62.4 Å². The molecule has 7 heteroatoms. The molecule has 1 atom stereocenters. The Morgan fingerprint density at radius 1 is 1.06 bits per heavy atom. The fourth-order valence-corrected chi connectivity index (χ4v) is 5.50. The SMILES string of the molecule is Cc1ccccc1N/C(=N/C#N)N1CCN(c2cnc3ccccc3n2)CC1CC1CCCCC1. The monoisotopic (exact) mass is 467 g/mol. The van der Waals surface area contributed by atoms with Gasteiger partial charge in [0, 0.05) is 31.4 Å². The minimum absolute atomic E-state index is 0.240. The molecule has 35 heavy (non-hydrogen) atoms. The zero-order chi connectivity index (χ0) is 24.0. The van der Waals surface area contributed by atoms with Gasteiger partial charge in [-0.15, -0.1) is 4.99 Å². The Kier molecular flexibility index (Phi) is 7.08. The first-order valence-electron chi connectivity index (χ1n) is 12.7. The van der Waals surface area contributed by atoms with E-state index in [0.29, 0.717) is 11.9 Å². The minimum atomic E-state index is 0.240. The number of hydrogen-bond donors (Lipinski definition) is 1. The van der Waals surface area contributed by atoms with Gasteiger partial charge in [0.25, 0.3) is 0 Å². The van der Waals surface area contributed by atoms with Crippen LogP contribution in [0, 0.1) is 24.3 Å². The molecule has 1 saturated carbocycles. The number of aromatic nitrogens is 2. The Labute approximate surface area is 207 Å². The summed E-state index contributed by atoms with van der Waals surface area (Å²) >= 11 is 0. The summed E-state index contributed by atoms with van der Waals surface area (Å²) in [6.07, 6.45) is 11.6. The van der Waals surface area contributed by atoms with Crippen molar-refractivity contribution < 1.29 is 0 Å². The number of fused-ring (bicyclic) bond motifs is 1. The van der Waals surface area contributed by atoms with Crippen molar-refractivity contribution in [1.29, 1.82) is 5.26 Å². The van der Waals surface area contributed by atoms with Crippen LogP contribution in [0.5, 0.6) is 0 Å². The van der Waals surface area contributed by atoms with E-state index in [-0.39, 0.29) is 6.04 Å². The summed E-state index contributed by atoms with van der Waals surface area (Å²) < 4.78 is 0.